The first-order valence-electron chi connectivity index (χ1n) is 6.85. The average molecular weight is 279 g/mol. The van der Waals surface area contributed by atoms with Crippen molar-refractivity contribution in [2.45, 2.75) is 20.4 Å². The molecule has 0 unspecified atom stereocenters. The van der Waals surface area contributed by atoms with Crippen LogP contribution in [-0.2, 0) is 11.3 Å². The molecule has 112 valence electrons. The first-order chi connectivity index (χ1) is 9.58. The Balaban J connectivity index is 2.86. The molecule has 0 bridgehead atoms. The third kappa shape index (κ3) is 5.19. The number of oxime groups is 1. The number of hydrogen-bond donors (Lipinski definition) is 2. The number of ether oxygens (including phenoxy) is 1. The summed E-state index contributed by atoms with van der Waals surface area (Å²) in [6, 6.07) is 7.73. The number of benzene rings is 1. The predicted octanol–water partition coefficient (Wildman–Crippen LogP) is 1.89. The molecule has 0 fully saturated rings. The molecule has 0 aliphatic heterocycles. The van der Waals surface area contributed by atoms with Crippen LogP contribution in [-0.4, -0.2) is 42.7 Å². The van der Waals surface area contributed by atoms with E-state index in [0.717, 1.165) is 30.8 Å². The predicted molar refractivity (Wildman–Crippen MR) is 80.9 cm³/mol. The first kappa shape index (κ1) is 16.5. The molecule has 3 N–H and O–H groups in total. The first-order valence-corrected chi connectivity index (χ1v) is 6.85. The van der Waals surface area contributed by atoms with E-state index in [-0.39, 0.29) is 5.84 Å². The summed E-state index contributed by atoms with van der Waals surface area (Å²) in [5.74, 6) is 0.722. The Morgan fingerprint density at radius 1 is 1.40 bits per heavy atom. The van der Waals surface area contributed by atoms with Gasteiger partial charge < -0.3 is 15.7 Å². The lowest BCUT2D eigenvalue weighted by molar-refractivity contribution is 0.136. The van der Waals surface area contributed by atoms with E-state index in [9.17, 15) is 0 Å². The summed E-state index contributed by atoms with van der Waals surface area (Å²) in [5, 5.41) is 12.0. The van der Waals surface area contributed by atoms with E-state index in [2.05, 4.69) is 23.9 Å². The van der Waals surface area contributed by atoms with Gasteiger partial charge in [-0.05, 0) is 11.5 Å². The van der Waals surface area contributed by atoms with Crippen LogP contribution in [0.4, 0.5) is 0 Å². The lowest BCUT2D eigenvalue weighted by atomic mass is 10.1. The summed E-state index contributed by atoms with van der Waals surface area (Å²) >= 11 is 0. The molecule has 0 radical (unpaired) electrons. The fourth-order valence-corrected chi connectivity index (χ4v) is 2.17. The van der Waals surface area contributed by atoms with E-state index in [1.165, 1.54) is 0 Å². The molecule has 0 aliphatic rings. The van der Waals surface area contributed by atoms with Crippen molar-refractivity contribution in [1.82, 2.24) is 4.90 Å². The molecular weight excluding hydrogens is 254 g/mol. The van der Waals surface area contributed by atoms with Gasteiger partial charge in [0.2, 0.25) is 0 Å². The number of nitrogens with two attached hydrogens (primary N) is 1. The molecule has 0 saturated carbocycles. The third-order valence-corrected chi connectivity index (χ3v) is 3.03. The van der Waals surface area contributed by atoms with Crippen molar-refractivity contribution in [3.8, 4) is 0 Å². The molecule has 1 aromatic carbocycles. The van der Waals surface area contributed by atoms with Gasteiger partial charge in [-0.3, -0.25) is 4.90 Å². The second kappa shape index (κ2) is 8.55. The number of methoxy groups -OCH3 is 1. The van der Waals surface area contributed by atoms with Gasteiger partial charge in [0.05, 0.1) is 6.61 Å². The van der Waals surface area contributed by atoms with Gasteiger partial charge in [-0.15, -0.1) is 0 Å². The molecule has 0 atom stereocenters. The second-order valence-electron chi connectivity index (χ2n) is 5.26. The zero-order chi connectivity index (χ0) is 15.0. The maximum atomic E-state index is 8.86. The minimum Gasteiger partial charge on any atom is -0.409 e. The smallest absolute Gasteiger partial charge is 0.170 e. The molecule has 5 heteroatoms. The van der Waals surface area contributed by atoms with Crippen LogP contribution in [0.15, 0.2) is 29.4 Å². The van der Waals surface area contributed by atoms with Crippen molar-refractivity contribution in [2.75, 3.05) is 26.8 Å². The molecule has 0 heterocycles. The van der Waals surface area contributed by atoms with Crippen molar-refractivity contribution in [1.29, 1.82) is 0 Å². The van der Waals surface area contributed by atoms with Crippen LogP contribution in [0.1, 0.15) is 25.0 Å². The van der Waals surface area contributed by atoms with Crippen LogP contribution in [0, 0.1) is 5.92 Å². The van der Waals surface area contributed by atoms with Crippen LogP contribution in [0.3, 0.4) is 0 Å². The summed E-state index contributed by atoms with van der Waals surface area (Å²) in [6.45, 7) is 7.67. The number of hydrogen-bond acceptors (Lipinski definition) is 4. The van der Waals surface area contributed by atoms with Crippen molar-refractivity contribution in [3.63, 3.8) is 0 Å². The van der Waals surface area contributed by atoms with E-state index in [1.807, 2.05) is 24.3 Å². The molecule has 5 nitrogen and oxygen atoms in total. The quantitative estimate of drug-likeness (QED) is 0.330. The maximum absolute atomic E-state index is 8.86. The Hall–Kier alpha value is -1.59. The highest BCUT2D eigenvalue weighted by molar-refractivity contribution is 5.98. The van der Waals surface area contributed by atoms with Gasteiger partial charge in [-0.25, -0.2) is 0 Å². The van der Waals surface area contributed by atoms with E-state index in [1.54, 1.807) is 7.11 Å². The summed E-state index contributed by atoms with van der Waals surface area (Å²) in [6.07, 6.45) is 0. The molecule has 0 saturated heterocycles. The van der Waals surface area contributed by atoms with Crippen LogP contribution < -0.4 is 5.73 Å². The lowest BCUT2D eigenvalue weighted by Gasteiger charge is -2.25. The van der Waals surface area contributed by atoms with Gasteiger partial charge >= 0.3 is 0 Å². The van der Waals surface area contributed by atoms with Crippen LogP contribution in [0.5, 0.6) is 0 Å². The number of rotatable bonds is 8. The topological polar surface area (TPSA) is 71.1 Å². The van der Waals surface area contributed by atoms with Crippen molar-refractivity contribution < 1.29 is 9.94 Å². The molecule has 0 spiro atoms. The maximum Gasteiger partial charge on any atom is 0.170 e. The molecule has 0 aromatic heterocycles. The van der Waals surface area contributed by atoms with E-state index >= 15 is 0 Å². The summed E-state index contributed by atoms with van der Waals surface area (Å²) < 4.78 is 5.16. The lowest BCUT2D eigenvalue weighted by Crippen LogP contribution is -2.31. The molecule has 20 heavy (non-hydrogen) atoms. The Bertz CT molecular complexity index is 433. The van der Waals surface area contributed by atoms with Crippen LogP contribution in [0.2, 0.25) is 0 Å². The van der Waals surface area contributed by atoms with Crippen molar-refractivity contribution in [3.05, 3.63) is 35.4 Å². The molecular formula is C15H25N3O2. The summed E-state index contributed by atoms with van der Waals surface area (Å²) in [7, 11) is 1.71. The van der Waals surface area contributed by atoms with Gasteiger partial charge in [-0.1, -0.05) is 43.3 Å². The summed E-state index contributed by atoms with van der Waals surface area (Å²) in [5.41, 5.74) is 7.56. The molecule has 1 aromatic rings. The molecule has 0 amide bonds. The average Bonchev–Trinajstić information content (AvgIpc) is 2.44. The standard InChI is InChI=1S/C15H25N3O2/c1-12(2)10-18(8-9-20-3)11-13-6-4-5-7-14(13)15(16)17-19/h4-7,12,19H,8-11H2,1-3H3,(H2,16,17). The van der Waals surface area contributed by atoms with Gasteiger partial charge in [0.15, 0.2) is 5.84 Å². The second-order valence-corrected chi connectivity index (χ2v) is 5.26. The zero-order valence-corrected chi connectivity index (χ0v) is 12.5. The fourth-order valence-electron chi connectivity index (χ4n) is 2.17. The molecule has 1 rings (SSSR count). The number of nitrogens with zero attached hydrogens (tertiary/aromatic N) is 2. The Morgan fingerprint density at radius 3 is 2.70 bits per heavy atom. The van der Waals surface area contributed by atoms with Gasteiger partial charge in [0.25, 0.3) is 0 Å². The van der Waals surface area contributed by atoms with Crippen molar-refractivity contribution in [2.24, 2.45) is 16.8 Å². The molecule has 0 aliphatic carbocycles. The Morgan fingerprint density at radius 2 is 2.10 bits per heavy atom. The highest BCUT2D eigenvalue weighted by Crippen LogP contribution is 2.13. The van der Waals surface area contributed by atoms with E-state index < -0.39 is 0 Å². The SMILES string of the molecule is COCCN(Cc1ccccc1C(N)=NO)CC(C)C. The highest BCUT2D eigenvalue weighted by Gasteiger charge is 2.12. The van der Waals surface area contributed by atoms with Gasteiger partial charge in [0, 0.05) is 32.3 Å². The number of amidine groups is 1. The largest absolute Gasteiger partial charge is 0.409 e. The Labute approximate surface area is 121 Å². The van der Waals surface area contributed by atoms with Gasteiger partial charge in [-0.2, -0.15) is 0 Å². The zero-order valence-electron chi connectivity index (χ0n) is 12.5. The highest BCUT2D eigenvalue weighted by atomic mass is 16.5. The van der Waals surface area contributed by atoms with Crippen molar-refractivity contribution >= 4 is 5.84 Å². The normalized spacial score (nSPS) is 12.3. The summed E-state index contributed by atoms with van der Waals surface area (Å²) in [4.78, 5) is 2.32. The fraction of sp³-hybridized carbons (Fsp3) is 0.533. The monoisotopic (exact) mass is 279 g/mol. The minimum atomic E-state index is 0.150. The third-order valence-electron chi connectivity index (χ3n) is 3.03. The van der Waals surface area contributed by atoms with Gasteiger partial charge in [0.1, 0.15) is 0 Å². The van der Waals surface area contributed by atoms with Crippen LogP contribution in [0.25, 0.3) is 0 Å². The van der Waals surface area contributed by atoms with E-state index in [4.69, 9.17) is 15.7 Å². The minimum absolute atomic E-state index is 0.150. The van der Waals surface area contributed by atoms with E-state index in [0.29, 0.717) is 12.5 Å². The Kier molecular flexibility index (Phi) is 7.04. The van der Waals surface area contributed by atoms with Crippen LogP contribution >= 0.6 is 0 Å².